The zero-order valence-corrected chi connectivity index (χ0v) is 11.5. The van der Waals surface area contributed by atoms with Gasteiger partial charge >= 0.3 is 0 Å². The minimum atomic E-state index is -0.250. The Hall–Kier alpha value is -1.40. The van der Waals surface area contributed by atoms with Crippen LogP contribution in [-0.4, -0.2) is 49.1 Å². The predicted molar refractivity (Wildman–Crippen MR) is 71.1 cm³/mol. The number of carbonyl (C=O) groups excluding carboxylic acids is 2. The molecule has 0 aromatic carbocycles. The Morgan fingerprint density at radius 1 is 1.53 bits per heavy atom. The molecule has 3 heterocycles. The number of ether oxygens (including phenoxy) is 1. The number of rotatable bonds is 2. The van der Waals surface area contributed by atoms with Gasteiger partial charge in [-0.25, -0.2) is 0 Å². The molecular formula is C13H16N2O3S. The van der Waals surface area contributed by atoms with E-state index in [1.807, 2.05) is 16.8 Å². The molecule has 2 amide bonds. The van der Waals surface area contributed by atoms with Gasteiger partial charge in [0.05, 0.1) is 23.6 Å². The van der Waals surface area contributed by atoms with Crippen LogP contribution in [0.2, 0.25) is 0 Å². The summed E-state index contributed by atoms with van der Waals surface area (Å²) in [5.41, 5.74) is 0.702. The maximum atomic E-state index is 12.5. The first-order valence-corrected chi connectivity index (χ1v) is 7.33. The van der Waals surface area contributed by atoms with Crippen LogP contribution in [0.4, 0.5) is 0 Å². The van der Waals surface area contributed by atoms with Crippen LogP contribution >= 0.6 is 11.3 Å². The van der Waals surface area contributed by atoms with Gasteiger partial charge in [0.15, 0.2) is 0 Å². The molecule has 0 unspecified atom stereocenters. The molecule has 6 heteroatoms. The lowest BCUT2D eigenvalue weighted by atomic mass is 10.0. The van der Waals surface area contributed by atoms with Gasteiger partial charge in [0.25, 0.3) is 5.91 Å². The van der Waals surface area contributed by atoms with Crippen LogP contribution in [0.25, 0.3) is 0 Å². The Morgan fingerprint density at radius 3 is 3.05 bits per heavy atom. The molecule has 0 radical (unpaired) electrons. The van der Waals surface area contributed by atoms with E-state index in [0.29, 0.717) is 18.7 Å². The second-order valence-electron chi connectivity index (χ2n) is 4.88. The van der Waals surface area contributed by atoms with E-state index in [1.165, 1.54) is 11.3 Å². The molecule has 102 valence electrons. The smallest absolute Gasteiger partial charge is 0.255 e. The first-order chi connectivity index (χ1) is 9.22. The fourth-order valence-corrected chi connectivity index (χ4v) is 3.60. The van der Waals surface area contributed by atoms with Gasteiger partial charge < -0.3 is 15.0 Å². The average molecular weight is 280 g/mol. The Labute approximate surface area is 115 Å². The van der Waals surface area contributed by atoms with Gasteiger partial charge in [0.1, 0.15) is 0 Å². The van der Waals surface area contributed by atoms with Gasteiger partial charge in [-0.1, -0.05) is 0 Å². The van der Waals surface area contributed by atoms with E-state index in [1.54, 1.807) is 11.9 Å². The van der Waals surface area contributed by atoms with E-state index < -0.39 is 0 Å². The maximum absolute atomic E-state index is 12.5. The molecule has 1 aromatic heterocycles. The van der Waals surface area contributed by atoms with Gasteiger partial charge in [0, 0.05) is 25.6 Å². The molecule has 0 aliphatic carbocycles. The molecule has 2 saturated heterocycles. The molecule has 3 atom stereocenters. The summed E-state index contributed by atoms with van der Waals surface area (Å²) in [6.07, 6.45) is 0.663. The topological polar surface area (TPSA) is 58.6 Å². The molecule has 0 bridgehead atoms. The van der Waals surface area contributed by atoms with Crippen molar-refractivity contribution in [2.75, 3.05) is 20.2 Å². The molecule has 3 rings (SSSR count). The highest BCUT2D eigenvalue weighted by atomic mass is 32.1. The summed E-state index contributed by atoms with van der Waals surface area (Å²) in [5, 5.41) is 6.40. The molecule has 19 heavy (non-hydrogen) atoms. The lowest BCUT2D eigenvalue weighted by Crippen LogP contribution is -2.37. The van der Waals surface area contributed by atoms with E-state index in [4.69, 9.17) is 4.74 Å². The van der Waals surface area contributed by atoms with Gasteiger partial charge in [0.2, 0.25) is 5.91 Å². The van der Waals surface area contributed by atoms with Gasteiger partial charge in [-0.3, -0.25) is 9.59 Å². The van der Waals surface area contributed by atoms with Gasteiger partial charge in [-0.05, 0) is 17.9 Å². The number of hydrogen-bond acceptors (Lipinski definition) is 4. The molecule has 1 N–H and O–H groups in total. The second-order valence-corrected chi connectivity index (χ2v) is 5.66. The van der Waals surface area contributed by atoms with Crippen molar-refractivity contribution in [2.45, 2.75) is 18.6 Å². The van der Waals surface area contributed by atoms with Crippen molar-refractivity contribution in [3.05, 3.63) is 22.4 Å². The molecule has 2 aliphatic rings. The minimum absolute atomic E-state index is 0.00755. The van der Waals surface area contributed by atoms with Gasteiger partial charge in [-0.2, -0.15) is 11.3 Å². The summed E-state index contributed by atoms with van der Waals surface area (Å²) in [7, 11) is 1.62. The number of nitrogens with zero attached hydrogens (tertiary/aromatic N) is 1. The highest BCUT2D eigenvalue weighted by Crippen LogP contribution is 2.34. The third kappa shape index (κ3) is 2.04. The number of nitrogens with one attached hydrogen (secondary N) is 1. The minimum Gasteiger partial charge on any atom is -0.375 e. The Bertz CT molecular complexity index is 488. The number of likely N-dealkylation sites (tertiary alicyclic amines) is 1. The van der Waals surface area contributed by atoms with E-state index in [-0.39, 0.29) is 29.9 Å². The standard InChI is InChI=1S/C13H16N2O3S/c1-14-12(16)9-6-15(10-2-4-18-11(9)10)13(17)8-3-5-19-7-8/h3,5,7,9-11H,2,4,6H2,1H3,(H,14,16)/t9-,10+,11+/m1/s1. The summed E-state index contributed by atoms with van der Waals surface area (Å²) in [5.74, 6) is -0.286. The number of amides is 2. The highest BCUT2D eigenvalue weighted by molar-refractivity contribution is 7.08. The van der Waals surface area contributed by atoms with E-state index >= 15 is 0 Å². The molecule has 2 aliphatic heterocycles. The number of fused-ring (bicyclic) bond motifs is 1. The van der Waals surface area contributed by atoms with Crippen LogP contribution in [0.5, 0.6) is 0 Å². The third-order valence-electron chi connectivity index (χ3n) is 3.91. The van der Waals surface area contributed by atoms with Crippen molar-refractivity contribution in [3.63, 3.8) is 0 Å². The van der Waals surface area contributed by atoms with E-state index in [0.717, 1.165) is 6.42 Å². The zero-order valence-electron chi connectivity index (χ0n) is 10.7. The summed E-state index contributed by atoms with van der Waals surface area (Å²) in [4.78, 5) is 26.1. The van der Waals surface area contributed by atoms with Crippen LogP contribution in [-0.2, 0) is 9.53 Å². The Morgan fingerprint density at radius 2 is 2.37 bits per heavy atom. The van der Waals surface area contributed by atoms with Crippen LogP contribution < -0.4 is 5.32 Å². The Kier molecular flexibility index (Phi) is 3.28. The monoisotopic (exact) mass is 280 g/mol. The lowest BCUT2D eigenvalue weighted by Gasteiger charge is -2.21. The first-order valence-electron chi connectivity index (χ1n) is 6.38. The summed E-state index contributed by atoms with van der Waals surface area (Å²) in [6.45, 7) is 1.07. The van der Waals surface area contributed by atoms with Crippen molar-refractivity contribution >= 4 is 23.2 Å². The van der Waals surface area contributed by atoms with Gasteiger partial charge in [-0.15, -0.1) is 0 Å². The highest BCUT2D eigenvalue weighted by Gasteiger charge is 2.50. The second kappa shape index (κ2) is 4.94. The zero-order chi connectivity index (χ0) is 13.4. The average Bonchev–Trinajstić information content (AvgIpc) is 3.12. The van der Waals surface area contributed by atoms with E-state index in [9.17, 15) is 9.59 Å². The first kappa shape index (κ1) is 12.6. The van der Waals surface area contributed by atoms with Crippen LogP contribution in [0.3, 0.4) is 0 Å². The van der Waals surface area contributed by atoms with Crippen molar-refractivity contribution in [3.8, 4) is 0 Å². The normalized spacial score (nSPS) is 29.3. The van der Waals surface area contributed by atoms with Crippen molar-refractivity contribution < 1.29 is 14.3 Å². The largest absolute Gasteiger partial charge is 0.375 e. The number of carbonyl (C=O) groups is 2. The molecular weight excluding hydrogens is 264 g/mol. The quantitative estimate of drug-likeness (QED) is 0.868. The predicted octanol–water partition coefficient (Wildman–Crippen LogP) is 0.724. The fourth-order valence-electron chi connectivity index (χ4n) is 2.97. The Balaban J connectivity index is 1.83. The van der Waals surface area contributed by atoms with Crippen LogP contribution in [0, 0.1) is 5.92 Å². The maximum Gasteiger partial charge on any atom is 0.255 e. The summed E-state index contributed by atoms with van der Waals surface area (Å²) < 4.78 is 5.66. The number of hydrogen-bond donors (Lipinski definition) is 1. The van der Waals surface area contributed by atoms with Crippen molar-refractivity contribution in [2.24, 2.45) is 5.92 Å². The summed E-state index contributed by atoms with van der Waals surface area (Å²) >= 11 is 1.51. The summed E-state index contributed by atoms with van der Waals surface area (Å²) in [6, 6.07) is 1.86. The van der Waals surface area contributed by atoms with Crippen LogP contribution in [0.15, 0.2) is 16.8 Å². The lowest BCUT2D eigenvalue weighted by molar-refractivity contribution is -0.127. The van der Waals surface area contributed by atoms with Crippen LogP contribution in [0.1, 0.15) is 16.8 Å². The van der Waals surface area contributed by atoms with Crippen molar-refractivity contribution in [1.29, 1.82) is 0 Å². The molecule has 5 nitrogen and oxygen atoms in total. The SMILES string of the molecule is CNC(=O)[C@@H]1CN(C(=O)c2ccsc2)[C@H]2CCO[C@@H]12. The van der Waals surface area contributed by atoms with Crippen molar-refractivity contribution in [1.82, 2.24) is 10.2 Å². The fraction of sp³-hybridized carbons (Fsp3) is 0.538. The number of thiophene rings is 1. The molecule has 0 saturated carbocycles. The molecule has 2 fully saturated rings. The van der Waals surface area contributed by atoms with E-state index in [2.05, 4.69) is 5.32 Å². The third-order valence-corrected chi connectivity index (χ3v) is 4.59. The molecule has 0 spiro atoms. The molecule has 1 aromatic rings.